The molecule has 0 spiro atoms. The van der Waals surface area contributed by atoms with Crippen molar-refractivity contribution >= 4 is 0 Å². The lowest BCUT2D eigenvalue weighted by molar-refractivity contribution is -0.322. The number of alkyl halides is 12. The third-order valence-electron chi connectivity index (χ3n) is 1.71. The maximum atomic E-state index is 11.3. The molecule has 0 aliphatic heterocycles. The highest BCUT2D eigenvalue weighted by Crippen LogP contribution is 2.18. The Morgan fingerprint density at radius 1 is 0.357 bits per heavy atom. The summed E-state index contributed by atoms with van der Waals surface area (Å²) in [5.41, 5.74) is 0. The van der Waals surface area contributed by atoms with Gasteiger partial charge in [0.15, 0.2) is 0 Å². The molecule has 0 unspecified atom stereocenters. The van der Waals surface area contributed by atoms with Gasteiger partial charge < -0.3 is 0 Å². The Morgan fingerprint density at radius 3 is 0.607 bits per heavy atom. The van der Waals surface area contributed by atoms with Gasteiger partial charge in [-0.1, -0.05) is 24.3 Å². The van der Waals surface area contributed by atoms with E-state index in [0.717, 1.165) is 24.3 Å². The van der Waals surface area contributed by atoms with Crippen LogP contribution >= 0.6 is 0 Å². The molecule has 0 atom stereocenters. The Kier molecular flexibility index (Phi) is 13.2. The van der Waals surface area contributed by atoms with Crippen LogP contribution in [-0.4, -0.2) is 51.9 Å². The number of hydrogen-bond acceptors (Lipinski definition) is 4. The van der Waals surface area contributed by atoms with Gasteiger partial charge in [0, 0.05) is 0 Å². The van der Waals surface area contributed by atoms with Gasteiger partial charge in [-0.05, 0) is 0 Å². The number of hydrogen-bond donors (Lipinski definition) is 0. The van der Waals surface area contributed by atoms with Gasteiger partial charge >= 0.3 is 25.4 Å². The second kappa shape index (κ2) is 12.8. The monoisotopic (exact) mass is 448 g/mol. The van der Waals surface area contributed by atoms with E-state index in [1.807, 2.05) is 0 Å². The fourth-order valence-corrected chi connectivity index (χ4v) is 0.843. The molecule has 0 fully saturated rings. The third kappa shape index (κ3) is 32.2. The van der Waals surface area contributed by atoms with Gasteiger partial charge in [0.1, 0.15) is 0 Å². The zero-order chi connectivity index (χ0) is 22.5. The average Bonchev–Trinajstić information content (AvgIpc) is 2.43. The molecule has 16 heteroatoms. The van der Waals surface area contributed by atoms with Crippen LogP contribution in [0, 0.1) is 0 Å². The van der Waals surface area contributed by atoms with Crippen LogP contribution in [0.25, 0.3) is 0 Å². The van der Waals surface area contributed by atoms with Crippen molar-refractivity contribution in [3.63, 3.8) is 0 Å². The quantitative estimate of drug-likeness (QED) is 0.377. The van der Waals surface area contributed by atoms with Crippen molar-refractivity contribution in [2.75, 3.05) is 26.4 Å². The van der Waals surface area contributed by atoms with Crippen LogP contribution in [0.3, 0.4) is 0 Å². The van der Waals surface area contributed by atoms with Crippen molar-refractivity contribution in [3.05, 3.63) is 24.3 Å². The van der Waals surface area contributed by atoms with Gasteiger partial charge in [-0.25, -0.2) is 0 Å². The molecule has 168 valence electrons. The van der Waals surface area contributed by atoms with E-state index < -0.39 is 51.9 Å². The standard InChI is InChI=1S/2C6H6F6O2/c2*7-5(8,9)13-3-1-2-4-14-6(10,11)12/h2*1-2H,3-4H2/b2*2-1+. The van der Waals surface area contributed by atoms with Crippen molar-refractivity contribution < 1.29 is 71.6 Å². The smallest absolute Gasteiger partial charge is 0.288 e. The van der Waals surface area contributed by atoms with E-state index in [4.69, 9.17) is 0 Å². The lowest BCUT2D eigenvalue weighted by Crippen LogP contribution is -2.14. The van der Waals surface area contributed by atoms with Gasteiger partial charge in [-0.15, -0.1) is 52.7 Å². The lowest BCUT2D eigenvalue weighted by atomic mass is 10.5. The zero-order valence-electron chi connectivity index (χ0n) is 13.3. The van der Waals surface area contributed by atoms with Crippen LogP contribution in [0.4, 0.5) is 52.7 Å². The van der Waals surface area contributed by atoms with E-state index in [-0.39, 0.29) is 0 Å². The molecule has 0 N–H and O–H groups in total. The van der Waals surface area contributed by atoms with Crippen LogP contribution in [0.5, 0.6) is 0 Å². The second-order valence-corrected chi connectivity index (χ2v) is 3.97. The van der Waals surface area contributed by atoms with E-state index in [0.29, 0.717) is 0 Å². The first kappa shape index (κ1) is 28.7. The molecule has 0 aliphatic carbocycles. The molecule has 0 radical (unpaired) electrons. The predicted octanol–water partition coefficient (Wildman–Crippen LogP) is 5.23. The van der Waals surface area contributed by atoms with Crippen LogP contribution in [0.1, 0.15) is 0 Å². The Balaban J connectivity index is 0. The average molecular weight is 448 g/mol. The molecule has 0 bridgehead atoms. The Labute approximate surface area is 149 Å². The maximum Gasteiger partial charge on any atom is 0.522 e. The summed E-state index contributed by atoms with van der Waals surface area (Å²) >= 11 is 0. The molecule has 0 aliphatic rings. The van der Waals surface area contributed by atoms with Crippen LogP contribution in [-0.2, 0) is 18.9 Å². The van der Waals surface area contributed by atoms with E-state index in [1.165, 1.54) is 0 Å². The lowest BCUT2D eigenvalue weighted by Gasteiger charge is -2.04. The first-order valence-corrected chi connectivity index (χ1v) is 6.54. The van der Waals surface area contributed by atoms with Crippen molar-refractivity contribution in [2.45, 2.75) is 25.4 Å². The number of ether oxygens (including phenoxy) is 4. The van der Waals surface area contributed by atoms with Gasteiger partial charge in [0.05, 0.1) is 26.4 Å². The normalized spacial score (nSPS) is 13.9. The molecular weight excluding hydrogens is 436 g/mol. The minimum Gasteiger partial charge on any atom is -0.288 e. The molecule has 0 rings (SSSR count). The summed E-state index contributed by atoms with van der Waals surface area (Å²) in [5.74, 6) is 0. The molecular formula is C12H12F12O4. The van der Waals surface area contributed by atoms with Crippen molar-refractivity contribution in [3.8, 4) is 0 Å². The Bertz CT molecular complexity index is 365. The molecule has 0 aromatic rings. The summed E-state index contributed by atoms with van der Waals surface area (Å²) in [5, 5.41) is 0. The third-order valence-corrected chi connectivity index (χ3v) is 1.71. The first-order valence-electron chi connectivity index (χ1n) is 6.54. The van der Waals surface area contributed by atoms with Gasteiger partial charge in [0.2, 0.25) is 0 Å². The zero-order valence-corrected chi connectivity index (χ0v) is 13.3. The van der Waals surface area contributed by atoms with Crippen molar-refractivity contribution in [2.24, 2.45) is 0 Å². The molecule has 0 amide bonds. The molecule has 0 aromatic carbocycles. The highest BCUT2D eigenvalue weighted by atomic mass is 19.4. The maximum absolute atomic E-state index is 11.3. The molecule has 0 heterocycles. The van der Waals surface area contributed by atoms with E-state index in [1.54, 1.807) is 0 Å². The second-order valence-electron chi connectivity index (χ2n) is 3.97. The Hall–Kier alpha value is -1.52. The van der Waals surface area contributed by atoms with E-state index in [2.05, 4.69) is 18.9 Å². The first-order chi connectivity index (χ1) is 12.4. The van der Waals surface area contributed by atoms with Crippen LogP contribution in [0.15, 0.2) is 24.3 Å². The summed E-state index contributed by atoms with van der Waals surface area (Å²) in [6.45, 7) is -3.37. The highest BCUT2D eigenvalue weighted by molar-refractivity contribution is 4.81. The van der Waals surface area contributed by atoms with Crippen LogP contribution in [0.2, 0.25) is 0 Å². The van der Waals surface area contributed by atoms with Crippen molar-refractivity contribution in [1.82, 2.24) is 0 Å². The SMILES string of the molecule is FC(F)(F)OC/C=C/COC(F)(F)F.FC(F)(F)OC/C=C/COC(F)(F)F. The largest absolute Gasteiger partial charge is 0.522 e. The molecule has 28 heavy (non-hydrogen) atoms. The van der Waals surface area contributed by atoms with Gasteiger partial charge in [0.25, 0.3) is 0 Å². The van der Waals surface area contributed by atoms with Gasteiger partial charge in [-0.2, -0.15) is 0 Å². The minimum atomic E-state index is -4.78. The van der Waals surface area contributed by atoms with Gasteiger partial charge in [-0.3, -0.25) is 18.9 Å². The van der Waals surface area contributed by atoms with E-state index in [9.17, 15) is 52.7 Å². The van der Waals surface area contributed by atoms with Crippen LogP contribution < -0.4 is 0 Å². The number of halogens is 12. The van der Waals surface area contributed by atoms with E-state index >= 15 is 0 Å². The fourth-order valence-electron chi connectivity index (χ4n) is 0.843. The molecule has 0 saturated heterocycles. The topological polar surface area (TPSA) is 36.9 Å². The fraction of sp³-hybridized carbons (Fsp3) is 0.667. The molecule has 0 aromatic heterocycles. The Morgan fingerprint density at radius 2 is 0.500 bits per heavy atom. The van der Waals surface area contributed by atoms with Crippen molar-refractivity contribution in [1.29, 1.82) is 0 Å². The summed E-state index contributed by atoms with van der Waals surface area (Å²) in [6.07, 6.45) is -16.0. The predicted molar refractivity (Wildman–Crippen MR) is 66.3 cm³/mol. The summed E-state index contributed by atoms with van der Waals surface area (Å²) in [6, 6.07) is 0. The summed E-state index contributed by atoms with van der Waals surface area (Å²) < 4.78 is 148. The minimum absolute atomic E-state index is 0.777. The number of rotatable bonds is 8. The summed E-state index contributed by atoms with van der Waals surface area (Å²) in [4.78, 5) is 0. The highest BCUT2D eigenvalue weighted by Gasteiger charge is 2.30. The summed E-state index contributed by atoms with van der Waals surface area (Å²) in [7, 11) is 0. The molecule has 4 nitrogen and oxygen atoms in total. The molecule has 0 saturated carbocycles.